The average Bonchev–Trinajstić information content (AvgIpc) is 3.01. The Hall–Kier alpha value is -2.83. The first-order valence-corrected chi connectivity index (χ1v) is 14.7. The van der Waals surface area contributed by atoms with E-state index >= 15 is 0 Å². The van der Waals surface area contributed by atoms with E-state index in [0.717, 1.165) is 11.0 Å². The van der Waals surface area contributed by atoms with Crippen molar-refractivity contribution in [3.05, 3.63) is 71.8 Å². The van der Waals surface area contributed by atoms with Crippen LogP contribution in [0.2, 0.25) is 0 Å². The van der Waals surface area contributed by atoms with Crippen molar-refractivity contribution < 1.29 is 37.7 Å². The first-order valence-electron chi connectivity index (χ1n) is 13.7. The molecular weight excluding hydrogens is 566 g/mol. The Morgan fingerprint density at radius 1 is 1.21 bits per heavy atom. The molecule has 4 rings (SSSR count). The number of halogens is 2. The molecule has 2 heterocycles. The second kappa shape index (κ2) is 12.8. The summed E-state index contributed by atoms with van der Waals surface area (Å²) in [6.07, 6.45) is -0.722. The highest BCUT2D eigenvalue weighted by Crippen LogP contribution is 2.36. The summed E-state index contributed by atoms with van der Waals surface area (Å²) < 4.78 is 45.4. The van der Waals surface area contributed by atoms with E-state index in [0.29, 0.717) is 5.69 Å². The number of para-hydroxylation sites is 1. The minimum atomic E-state index is -1.28. The van der Waals surface area contributed by atoms with E-state index in [1.165, 1.54) is 35.9 Å². The fraction of sp³-hybridized carbons (Fsp3) is 0.484. The Bertz CT molecular complexity index is 1310. The molecule has 1 fully saturated rings. The van der Waals surface area contributed by atoms with Crippen molar-refractivity contribution in [3.63, 3.8) is 0 Å². The number of ether oxygens (including phenoxy) is 3. The molecule has 2 aliphatic rings. The number of aliphatic hydroxyl groups is 1. The van der Waals surface area contributed by atoms with Gasteiger partial charge in [-0.3, -0.25) is 9.59 Å². The van der Waals surface area contributed by atoms with Crippen molar-refractivity contribution in [3.8, 4) is 0 Å². The van der Waals surface area contributed by atoms with Crippen LogP contribution < -0.4 is 10.2 Å². The van der Waals surface area contributed by atoms with Gasteiger partial charge in [-0.05, 0) is 49.1 Å². The lowest BCUT2D eigenvalue weighted by molar-refractivity contribution is -0.334. The third-order valence-electron chi connectivity index (χ3n) is 6.81. The number of hydrogen-bond donors (Lipinski definition) is 2. The molecule has 0 aliphatic carbocycles. The number of nitrogens with zero attached hydrogens (tertiary/aromatic N) is 1. The fourth-order valence-corrected chi connectivity index (χ4v) is 6.01. The zero-order chi connectivity index (χ0) is 30.8. The third-order valence-corrected chi connectivity index (χ3v) is 7.97. The minimum Gasteiger partial charge on any atom is -0.387 e. The number of carbonyl (C=O) groups is 2. The molecule has 42 heavy (non-hydrogen) atoms. The van der Waals surface area contributed by atoms with Gasteiger partial charge in [0.05, 0.1) is 12.2 Å². The third kappa shape index (κ3) is 7.76. The Morgan fingerprint density at radius 3 is 2.52 bits per heavy atom. The maximum absolute atomic E-state index is 14.0. The molecule has 0 aromatic heterocycles. The maximum Gasteiger partial charge on any atom is 0.252 e. The summed E-state index contributed by atoms with van der Waals surface area (Å²) in [6.45, 7) is 9.30. The van der Waals surface area contributed by atoms with Gasteiger partial charge in [0.15, 0.2) is 11.9 Å². The number of aliphatic hydroxyl groups excluding tert-OH is 1. The zero-order valence-corrected chi connectivity index (χ0v) is 25.4. The van der Waals surface area contributed by atoms with Crippen LogP contribution in [0.15, 0.2) is 59.5 Å². The molecule has 2 N–H and O–H groups in total. The van der Waals surface area contributed by atoms with Crippen LogP contribution in [0.4, 0.5) is 14.5 Å². The van der Waals surface area contributed by atoms with Crippen LogP contribution in [0.1, 0.15) is 40.2 Å². The van der Waals surface area contributed by atoms with Gasteiger partial charge in [0.2, 0.25) is 0 Å². The summed E-state index contributed by atoms with van der Waals surface area (Å²) in [4.78, 5) is 29.7. The molecular formula is C31H38F2N2O6S. The topological polar surface area (TPSA) is 97.3 Å². The second-order valence-corrected chi connectivity index (χ2v) is 13.0. The van der Waals surface area contributed by atoms with E-state index in [4.69, 9.17) is 14.2 Å². The van der Waals surface area contributed by atoms with Crippen molar-refractivity contribution in [1.82, 2.24) is 5.32 Å². The van der Waals surface area contributed by atoms with Crippen molar-refractivity contribution in [2.24, 2.45) is 5.41 Å². The SMILES string of the molecule is CO[C@@H](C(=O)NC1CSc2ccccc2N(Cc2cc(F)cc(F)c2)C1=O)[C@@H]1OC(C)(C)O[C@H](/C=C/C(C)(C)C)[C@@H]1O. The molecule has 2 aromatic carbocycles. The number of amides is 2. The van der Waals surface area contributed by atoms with E-state index in [9.17, 15) is 23.5 Å². The zero-order valence-electron chi connectivity index (χ0n) is 24.6. The molecule has 0 radical (unpaired) electrons. The van der Waals surface area contributed by atoms with E-state index in [1.807, 2.05) is 39.0 Å². The molecule has 0 bridgehead atoms. The van der Waals surface area contributed by atoms with Crippen molar-refractivity contribution in [2.45, 2.75) is 82.3 Å². The Morgan fingerprint density at radius 2 is 1.88 bits per heavy atom. The fourth-order valence-electron chi connectivity index (χ4n) is 4.94. The number of rotatable bonds is 7. The Labute approximate surface area is 249 Å². The molecule has 11 heteroatoms. The number of allylic oxidation sites excluding steroid dienone is 1. The highest BCUT2D eigenvalue weighted by molar-refractivity contribution is 7.99. The highest BCUT2D eigenvalue weighted by Gasteiger charge is 2.48. The van der Waals surface area contributed by atoms with E-state index in [-0.39, 0.29) is 23.3 Å². The summed E-state index contributed by atoms with van der Waals surface area (Å²) in [5.74, 6) is -3.56. The number of thioether (sulfide) groups is 1. The predicted molar refractivity (Wildman–Crippen MR) is 156 cm³/mol. The summed E-state index contributed by atoms with van der Waals surface area (Å²) in [7, 11) is 1.33. The van der Waals surface area contributed by atoms with E-state index < -0.39 is 59.7 Å². The first kappa shape index (κ1) is 32.1. The number of hydrogen-bond acceptors (Lipinski definition) is 7. The normalized spacial score (nSPS) is 25.2. The lowest BCUT2D eigenvalue weighted by Crippen LogP contribution is -2.62. The molecule has 5 atom stereocenters. The van der Waals surface area contributed by atoms with Gasteiger partial charge in [0.1, 0.15) is 36.0 Å². The highest BCUT2D eigenvalue weighted by atomic mass is 32.2. The molecule has 1 saturated heterocycles. The van der Waals surface area contributed by atoms with Crippen LogP contribution in [0.5, 0.6) is 0 Å². The largest absolute Gasteiger partial charge is 0.387 e. The number of methoxy groups -OCH3 is 1. The number of nitrogens with one attached hydrogen (secondary N) is 1. The number of carbonyl (C=O) groups excluding carboxylic acids is 2. The molecule has 1 unspecified atom stereocenters. The molecule has 2 aliphatic heterocycles. The summed E-state index contributed by atoms with van der Waals surface area (Å²) in [5.41, 5.74) is 0.658. The lowest BCUT2D eigenvalue weighted by atomic mass is 9.93. The van der Waals surface area contributed by atoms with Crippen LogP contribution in [0.3, 0.4) is 0 Å². The molecule has 8 nitrogen and oxygen atoms in total. The van der Waals surface area contributed by atoms with Gasteiger partial charge in [0.25, 0.3) is 11.8 Å². The number of benzene rings is 2. The van der Waals surface area contributed by atoms with Gasteiger partial charge in [-0.15, -0.1) is 11.8 Å². The quantitative estimate of drug-likeness (QED) is 0.447. The lowest BCUT2D eigenvalue weighted by Gasteiger charge is -2.45. The Balaban J connectivity index is 1.58. The van der Waals surface area contributed by atoms with Crippen LogP contribution in [-0.2, 0) is 30.3 Å². The van der Waals surface area contributed by atoms with Crippen LogP contribution in [0, 0.1) is 17.0 Å². The number of fused-ring (bicyclic) bond motifs is 1. The standard InChI is InChI=1S/C31H38F2N2O6S/c1-30(2,3)12-11-23-25(36)26(41-31(4,5)40-23)27(39-6)28(37)34-21-17-42-24-10-8-7-9-22(24)35(29(21)38)16-18-13-19(32)15-20(33)14-18/h7-15,21,23,25-27,36H,16-17H2,1-6H3,(H,34,37)/b12-11+/t21?,23-,25+,26-,27-/m1/s1. The van der Waals surface area contributed by atoms with Crippen molar-refractivity contribution >= 4 is 29.3 Å². The molecule has 2 amide bonds. The van der Waals surface area contributed by atoms with Crippen molar-refractivity contribution in [1.29, 1.82) is 0 Å². The van der Waals surface area contributed by atoms with Crippen LogP contribution in [0.25, 0.3) is 0 Å². The van der Waals surface area contributed by atoms with E-state index in [2.05, 4.69) is 5.32 Å². The number of anilines is 1. The average molecular weight is 605 g/mol. The monoisotopic (exact) mass is 604 g/mol. The Kier molecular flexibility index (Phi) is 9.79. The maximum atomic E-state index is 14.0. The minimum absolute atomic E-state index is 0.108. The van der Waals surface area contributed by atoms with Crippen LogP contribution >= 0.6 is 11.8 Å². The summed E-state index contributed by atoms with van der Waals surface area (Å²) >= 11 is 1.37. The summed E-state index contributed by atoms with van der Waals surface area (Å²) in [6, 6.07) is 9.28. The van der Waals surface area contributed by atoms with Gasteiger partial charge in [-0.25, -0.2) is 8.78 Å². The molecule has 0 saturated carbocycles. The molecule has 0 spiro atoms. The van der Waals surface area contributed by atoms with E-state index in [1.54, 1.807) is 32.1 Å². The van der Waals surface area contributed by atoms with Gasteiger partial charge in [-0.1, -0.05) is 45.1 Å². The van der Waals surface area contributed by atoms with Gasteiger partial charge >= 0.3 is 0 Å². The second-order valence-electron chi connectivity index (χ2n) is 12.0. The smallest absolute Gasteiger partial charge is 0.252 e. The predicted octanol–water partition coefficient (Wildman–Crippen LogP) is 4.59. The van der Waals surface area contributed by atoms with Gasteiger partial charge in [0, 0.05) is 23.8 Å². The van der Waals surface area contributed by atoms with Gasteiger partial charge in [-0.2, -0.15) is 0 Å². The first-order chi connectivity index (χ1) is 19.7. The van der Waals surface area contributed by atoms with Crippen LogP contribution in [-0.4, -0.2) is 66.0 Å². The van der Waals surface area contributed by atoms with Crippen molar-refractivity contribution in [2.75, 3.05) is 17.8 Å². The summed E-state index contributed by atoms with van der Waals surface area (Å²) in [5, 5.41) is 14.0. The van der Waals surface area contributed by atoms with Gasteiger partial charge < -0.3 is 29.5 Å². The molecule has 228 valence electrons. The molecule has 2 aromatic rings.